The molecule has 2 aromatic rings. The zero-order valence-corrected chi connectivity index (χ0v) is 10.7. The van der Waals surface area contributed by atoms with Gasteiger partial charge in [-0.3, -0.25) is 4.57 Å². The van der Waals surface area contributed by atoms with Gasteiger partial charge in [-0.1, -0.05) is 18.7 Å². The third kappa shape index (κ3) is 2.20. The van der Waals surface area contributed by atoms with Crippen molar-refractivity contribution < 1.29 is 4.42 Å². The number of nitrogens with one attached hydrogen (secondary N) is 1. The van der Waals surface area contributed by atoms with Gasteiger partial charge in [-0.05, 0) is 12.8 Å². The van der Waals surface area contributed by atoms with E-state index < -0.39 is 0 Å². The minimum atomic E-state index is -0.139. The summed E-state index contributed by atoms with van der Waals surface area (Å²) in [5.41, 5.74) is -0.139. The normalized spacial score (nSPS) is 15.2. The SMILES string of the molecule is CCc1nnc(CSc2n[nH]c(=O)n2C2CC2)o1. The molecular weight excluding hydrogens is 254 g/mol. The van der Waals surface area contributed by atoms with E-state index in [2.05, 4.69) is 20.4 Å². The molecule has 7 nitrogen and oxygen atoms in total. The molecule has 0 spiro atoms. The highest BCUT2D eigenvalue weighted by atomic mass is 32.2. The second-order valence-electron chi connectivity index (χ2n) is 4.14. The first kappa shape index (κ1) is 11.5. The number of thioether (sulfide) groups is 1. The maximum absolute atomic E-state index is 11.6. The molecule has 2 aromatic heterocycles. The van der Waals surface area contributed by atoms with E-state index in [0.29, 0.717) is 28.7 Å². The number of hydrogen-bond acceptors (Lipinski definition) is 6. The van der Waals surface area contributed by atoms with E-state index in [9.17, 15) is 4.79 Å². The van der Waals surface area contributed by atoms with E-state index >= 15 is 0 Å². The lowest BCUT2D eigenvalue weighted by molar-refractivity contribution is 0.469. The molecule has 1 saturated carbocycles. The maximum atomic E-state index is 11.6. The molecule has 0 amide bonds. The van der Waals surface area contributed by atoms with Crippen LogP contribution in [0.2, 0.25) is 0 Å². The molecule has 0 bridgehead atoms. The zero-order chi connectivity index (χ0) is 12.5. The Hall–Kier alpha value is -1.57. The van der Waals surface area contributed by atoms with Gasteiger partial charge in [0.05, 0.1) is 5.75 Å². The standard InChI is InChI=1S/C10H13N5O2S/c1-2-7-11-12-8(17-7)5-18-10-14-13-9(16)15(10)6-3-4-6/h6H,2-5H2,1H3,(H,13,16). The molecule has 0 radical (unpaired) electrons. The first-order chi connectivity index (χ1) is 8.78. The number of rotatable bonds is 5. The van der Waals surface area contributed by atoms with Crippen molar-refractivity contribution in [2.75, 3.05) is 0 Å². The van der Waals surface area contributed by atoms with Gasteiger partial charge in [-0.15, -0.1) is 15.3 Å². The van der Waals surface area contributed by atoms with Crippen LogP contribution in [0, 0.1) is 0 Å². The van der Waals surface area contributed by atoms with Crippen molar-refractivity contribution in [3.05, 3.63) is 22.3 Å². The van der Waals surface area contributed by atoms with E-state index in [-0.39, 0.29) is 5.69 Å². The summed E-state index contributed by atoms with van der Waals surface area (Å²) in [6.45, 7) is 1.96. The van der Waals surface area contributed by atoms with Gasteiger partial charge in [0, 0.05) is 12.5 Å². The van der Waals surface area contributed by atoms with Crippen LogP contribution < -0.4 is 5.69 Å². The van der Waals surface area contributed by atoms with E-state index in [4.69, 9.17) is 4.42 Å². The molecule has 0 atom stereocenters. The van der Waals surface area contributed by atoms with Crippen molar-refractivity contribution in [2.24, 2.45) is 0 Å². The number of H-pyrrole nitrogens is 1. The second kappa shape index (κ2) is 4.60. The summed E-state index contributed by atoms with van der Waals surface area (Å²) in [5, 5.41) is 15.0. The van der Waals surface area contributed by atoms with Crippen molar-refractivity contribution in [3.8, 4) is 0 Å². The van der Waals surface area contributed by atoms with Crippen molar-refractivity contribution in [3.63, 3.8) is 0 Å². The Kier molecular flexibility index (Phi) is 2.94. The topological polar surface area (TPSA) is 89.6 Å². The number of hydrogen-bond donors (Lipinski definition) is 1. The molecule has 8 heteroatoms. The molecule has 2 heterocycles. The predicted octanol–water partition coefficient (Wildman–Crippen LogP) is 1.14. The molecule has 3 rings (SSSR count). The van der Waals surface area contributed by atoms with Crippen LogP contribution in [0.15, 0.2) is 14.4 Å². The molecule has 1 aliphatic rings. The minimum Gasteiger partial charge on any atom is -0.424 e. The Labute approximate surface area is 107 Å². The average molecular weight is 267 g/mol. The Balaban J connectivity index is 1.71. The van der Waals surface area contributed by atoms with Gasteiger partial charge in [0.2, 0.25) is 11.8 Å². The number of aryl methyl sites for hydroxylation is 1. The van der Waals surface area contributed by atoms with Crippen LogP contribution in [0.1, 0.15) is 37.6 Å². The van der Waals surface area contributed by atoms with Crippen LogP contribution in [-0.4, -0.2) is 25.0 Å². The largest absolute Gasteiger partial charge is 0.424 e. The fraction of sp³-hybridized carbons (Fsp3) is 0.600. The van der Waals surface area contributed by atoms with E-state index in [1.807, 2.05) is 6.92 Å². The van der Waals surface area contributed by atoms with Crippen LogP contribution in [-0.2, 0) is 12.2 Å². The third-order valence-electron chi connectivity index (χ3n) is 2.72. The van der Waals surface area contributed by atoms with Gasteiger partial charge in [0.25, 0.3) is 0 Å². The van der Waals surface area contributed by atoms with Gasteiger partial charge < -0.3 is 4.42 Å². The van der Waals surface area contributed by atoms with E-state index in [0.717, 1.165) is 19.3 Å². The Bertz CT molecular complexity index is 597. The highest BCUT2D eigenvalue weighted by Crippen LogP contribution is 2.36. The Morgan fingerprint density at radius 1 is 1.44 bits per heavy atom. The molecule has 18 heavy (non-hydrogen) atoms. The van der Waals surface area contributed by atoms with E-state index in [1.165, 1.54) is 11.8 Å². The van der Waals surface area contributed by atoms with Gasteiger partial charge in [0.1, 0.15) is 0 Å². The van der Waals surface area contributed by atoms with E-state index in [1.54, 1.807) is 4.57 Å². The molecule has 0 saturated heterocycles. The summed E-state index contributed by atoms with van der Waals surface area (Å²) >= 11 is 1.44. The van der Waals surface area contributed by atoms with Crippen molar-refractivity contribution in [1.82, 2.24) is 25.0 Å². The summed E-state index contributed by atoms with van der Waals surface area (Å²) in [6.07, 6.45) is 2.83. The van der Waals surface area contributed by atoms with Crippen molar-refractivity contribution >= 4 is 11.8 Å². The number of aromatic amines is 1. The molecule has 1 N–H and O–H groups in total. The monoisotopic (exact) mass is 267 g/mol. The van der Waals surface area contributed by atoms with Gasteiger partial charge >= 0.3 is 5.69 Å². The highest BCUT2D eigenvalue weighted by molar-refractivity contribution is 7.98. The molecule has 1 fully saturated rings. The smallest absolute Gasteiger partial charge is 0.344 e. The first-order valence-corrected chi connectivity index (χ1v) is 6.87. The molecule has 0 aliphatic heterocycles. The van der Waals surface area contributed by atoms with Crippen LogP contribution in [0.25, 0.3) is 0 Å². The molecule has 0 aromatic carbocycles. The van der Waals surface area contributed by atoms with Gasteiger partial charge in [-0.25, -0.2) is 9.89 Å². The highest BCUT2D eigenvalue weighted by Gasteiger charge is 2.28. The quantitative estimate of drug-likeness (QED) is 0.817. The van der Waals surface area contributed by atoms with Crippen LogP contribution >= 0.6 is 11.8 Å². The lowest BCUT2D eigenvalue weighted by Gasteiger charge is -2.00. The summed E-state index contributed by atoms with van der Waals surface area (Å²) in [4.78, 5) is 11.6. The molecular formula is C10H13N5O2S. The predicted molar refractivity (Wildman–Crippen MR) is 64.4 cm³/mol. The van der Waals surface area contributed by atoms with Gasteiger partial charge in [-0.2, -0.15) is 0 Å². The lowest BCUT2D eigenvalue weighted by Crippen LogP contribution is -2.16. The summed E-state index contributed by atoms with van der Waals surface area (Å²) in [6, 6.07) is 0.313. The maximum Gasteiger partial charge on any atom is 0.344 e. The molecule has 96 valence electrons. The Morgan fingerprint density at radius 3 is 2.89 bits per heavy atom. The second-order valence-corrected chi connectivity index (χ2v) is 5.09. The van der Waals surface area contributed by atoms with Crippen LogP contribution in [0.3, 0.4) is 0 Å². The number of aromatic nitrogens is 5. The molecule has 1 aliphatic carbocycles. The summed E-state index contributed by atoms with van der Waals surface area (Å²) < 4.78 is 7.12. The Morgan fingerprint density at radius 2 is 2.22 bits per heavy atom. The molecule has 0 unspecified atom stereocenters. The minimum absolute atomic E-state index is 0.139. The van der Waals surface area contributed by atoms with Gasteiger partial charge in [0.15, 0.2) is 5.16 Å². The lowest BCUT2D eigenvalue weighted by atomic mass is 10.5. The number of nitrogens with zero attached hydrogens (tertiary/aromatic N) is 4. The van der Waals surface area contributed by atoms with Crippen molar-refractivity contribution in [2.45, 2.75) is 43.1 Å². The fourth-order valence-corrected chi connectivity index (χ4v) is 2.51. The first-order valence-electron chi connectivity index (χ1n) is 5.89. The van der Waals surface area contributed by atoms with Crippen LogP contribution in [0.4, 0.5) is 0 Å². The average Bonchev–Trinajstić information content (AvgIpc) is 2.98. The van der Waals surface area contributed by atoms with Crippen LogP contribution in [0.5, 0.6) is 0 Å². The zero-order valence-electron chi connectivity index (χ0n) is 9.92. The fourth-order valence-electron chi connectivity index (χ4n) is 1.66. The third-order valence-corrected chi connectivity index (χ3v) is 3.66. The van der Waals surface area contributed by atoms with Crippen molar-refractivity contribution in [1.29, 1.82) is 0 Å². The summed E-state index contributed by atoms with van der Waals surface area (Å²) in [5.74, 6) is 1.73. The summed E-state index contributed by atoms with van der Waals surface area (Å²) in [7, 11) is 0.